The summed E-state index contributed by atoms with van der Waals surface area (Å²) in [6, 6.07) is 8.88. The highest BCUT2D eigenvalue weighted by Gasteiger charge is 2.44. The minimum absolute atomic E-state index is 0.205. The molecule has 0 aromatic heterocycles. The number of rotatable bonds is 3. The van der Waals surface area contributed by atoms with Gasteiger partial charge in [-0.3, -0.25) is 4.79 Å². The summed E-state index contributed by atoms with van der Waals surface area (Å²) in [4.78, 5) is 10.7. The van der Waals surface area contributed by atoms with Crippen LogP contribution in [-0.4, -0.2) is 22.4 Å². The molecule has 1 atom stereocenters. The molecule has 0 saturated carbocycles. The SMILES string of the molecule is O=C(O)CC(c1c(O)ccc2ccccc12)C(F)(F)F. The van der Waals surface area contributed by atoms with Crippen molar-refractivity contribution in [2.45, 2.75) is 18.5 Å². The van der Waals surface area contributed by atoms with E-state index in [0.29, 0.717) is 5.39 Å². The zero-order valence-corrected chi connectivity index (χ0v) is 10.2. The van der Waals surface area contributed by atoms with Gasteiger partial charge in [-0.15, -0.1) is 0 Å². The number of aliphatic carboxylic acids is 1. The van der Waals surface area contributed by atoms with E-state index in [1.165, 1.54) is 12.1 Å². The van der Waals surface area contributed by atoms with Crippen LogP contribution in [0, 0.1) is 0 Å². The zero-order chi connectivity index (χ0) is 14.9. The number of carbonyl (C=O) groups is 1. The molecule has 0 aliphatic rings. The monoisotopic (exact) mass is 284 g/mol. The van der Waals surface area contributed by atoms with E-state index in [1.807, 2.05) is 0 Å². The molecule has 6 heteroatoms. The Morgan fingerprint density at radius 3 is 2.40 bits per heavy atom. The molecule has 1 unspecified atom stereocenters. The smallest absolute Gasteiger partial charge is 0.396 e. The van der Waals surface area contributed by atoms with E-state index in [1.54, 1.807) is 18.2 Å². The molecule has 0 radical (unpaired) electrons. The lowest BCUT2D eigenvalue weighted by Gasteiger charge is -2.21. The molecule has 20 heavy (non-hydrogen) atoms. The predicted molar refractivity (Wildman–Crippen MR) is 66.7 cm³/mol. The fraction of sp³-hybridized carbons (Fsp3) is 0.214. The van der Waals surface area contributed by atoms with Crippen molar-refractivity contribution in [3.8, 4) is 5.75 Å². The number of fused-ring (bicyclic) bond motifs is 1. The number of halogens is 3. The van der Waals surface area contributed by atoms with Gasteiger partial charge in [-0.05, 0) is 16.8 Å². The Balaban J connectivity index is 2.69. The molecule has 2 rings (SSSR count). The molecule has 0 fully saturated rings. The quantitative estimate of drug-likeness (QED) is 0.904. The lowest BCUT2D eigenvalue weighted by Crippen LogP contribution is -2.24. The highest BCUT2D eigenvalue weighted by atomic mass is 19.4. The highest BCUT2D eigenvalue weighted by Crippen LogP contribution is 2.44. The summed E-state index contributed by atoms with van der Waals surface area (Å²) in [6.45, 7) is 0. The van der Waals surface area contributed by atoms with Gasteiger partial charge in [0.1, 0.15) is 5.75 Å². The van der Waals surface area contributed by atoms with Gasteiger partial charge in [0, 0.05) is 5.56 Å². The van der Waals surface area contributed by atoms with Gasteiger partial charge in [0.2, 0.25) is 0 Å². The third kappa shape index (κ3) is 2.68. The summed E-state index contributed by atoms with van der Waals surface area (Å²) in [5.74, 6) is -4.36. The summed E-state index contributed by atoms with van der Waals surface area (Å²) >= 11 is 0. The van der Waals surface area contributed by atoms with Crippen molar-refractivity contribution in [2.24, 2.45) is 0 Å². The molecule has 0 spiro atoms. The Hall–Kier alpha value is -2.24. The van der Waals surface area contributed by atoms with Crippen molar-refractivity contribution in [1.29, 1.82) is 0 Å². The molecule has 0 aliphatic carbocycles. The Bertz CT molecular complexity index is 650. The van der Waals surface area contributed by atoms with Crippen molar-refractivity contribution >= 4 is 16.7 Å². The van der Waals surface area contributed by atoms with E-state index in [9.17, 15) is 23.1 Å². The number of carboxylic acids is 1. The molecule has 106 valence electrons. The van der Waals surface area contributed by atoms with E-state index < -0.39 is 35.8 Å². The largest absolute Gasteiger partial charge is 0.508 e. The molecule has 0 bridgehead atoms. The van der Waals surface area contributed by atoms with Gasteiger partial charge >= 0.3 is 12.1 Å². The van der Waals surface area contributed by atoms with Gasteiger partial charge in [-0.25, -0.2) is 0 Å². The first-order valence-corrected chi connectivity index (χ1v) is 5.80. The first-order valence-electron chi connectivity index (χ1n) is 5.80. The standard InChI is InChI=1S/C14H11F3O3/c15-14(16,17)10(7-12(19)20)13-9-4-2-1-3-8(9)5-6-11(13)18/h1-6,10,18H,7H2,(H,19,20). The molecule has 0 saturated heterocycles. The number of aromatic hydroxyl groups is 1. The minimum atomic E-state index is -4.75. The average Bonchev–Trinajstić information content (AvgIpc) is 2.35. The first-order chi connectivity index (χ1) is 9.30. The van der Waals surface area contributed by atoms with Gasteiger partial charge < -0.3 is 10.2 Å². The number of phenols is 1. The van der Waals surface area contributed by atoms with Crippen LogP contribution in [0.1, 0.15) is 17.9 Å². The maximum atomic E-state index is 13.1. The predicted octanol–water partition coefficient (Wildman–Crippen LogP) is 3.67. The van der Waals surface area contributed by atoms with E-state index in [-0.39, 0.29) is 5.39 Å². The van der Waals surface area contributed by atoms with Gasteiger partial charge in [-0.1, -0.05) is 30.3 Å². The third-order valence-electron chi connectivity index (χ3n) is 3.07. The molecule has 0 heterocycles. The van der Waals surface area contributed by atoms with Crippen molar-refractivity contribution in [3.05, 3.63) is 42.0 Å². The van der Waals surface area contributed by atoms with E-state index in [0.717, 1.165) is 6.07 Å². The summed E-state index contributed by atoms with van der Waals surface area (Å²) < 4.78 is 39.3. The number of hydrogen-bond acceptors (Lipinski definition) is 2. The number of hydrogen-bond donors (Lipinski definition) is 2. The molecule has 2 aromatic carbocycles. The molecule has 2 aromatic rings. The third-order valence-corrected chi connectivity index (χ3v) is 3.07. The lowest BCUT2D eigenvalue weighted by atomic mass is 9.89. The fourth-order valence-corrected chi connectivity index (χ4v) is 2.21. The second-order valence-electron chi connectivity index (χ2n) is 4.41. The van der Waals surface area contributed by atoms with Crippen LogP contribution >= 0.6 is 0 Å². The summed E-state index contributed by atoms with van der Waals surface area (Å²) in [6.07, 6.45) is -5.87. The number of alkyl halides is 3. The highest BCUT2D eigenvalue weighted by molar-refractivity contribution is 5.89. The maximum absolute atomic E-state index is 13.1. The van der Waals surface area contributed by atoms with Crippen LogP contribution in [-0.2, 0) is 4.79 Å². The Labute approximate surface area is 112 Å². The maximum Gasteiger partial charge on any atom is 0.396 e. The molecule has 0 aliphatic heterocycles. The van der Waals surface area contributed by atoms with Crippen LogP contribution in [0.25, 0.3) is 10.8 Å². The van der Waals surface area contributed by atoms with Gasteiger partial charge in [0.25, 0.3) is 0 Å². The Kier molecular flexibility index (Phi) is 3.57. The summed E-state index contributed by atoms with van der Waals surface area (Å²) in [5.41, 5.74) is -0.391. The van der Waals surface area contributed by atoms with E-state index >= 15 is 0 Å². The van der Waals surface area contributed by atoms with Crippen LogP contribution in [0.2, 0.25) is 0 Å². The van der Waals surface area contributed by atoms with Crippen LogP contribution in [0.4, 0.5) is 13.2 Å². The van der Waals surface area contributed by atoms with Gasteiger partial charge in [-0.2, -0.15) is 13.2 Å². The molecular weight excluding hydrogens is 273 g/mol. The molecule has 3 nitrogen and oxygen atoms in total. The van der Waals surface area contributed by atoms with Crippen LogP contribution in [0.15, 0.2) is 36.4 Å². The topological polar surface area (TPSA) is 57.5 Å². The van der Waals surface area contributed by atoms with Crippen molar-refractivity contribution in [1.82, 2.24) is 0 Å². The number of benzene rings is 2. The Morgan fingerprint density at radius 1 is 1.15 bits per heavy atom. The van der Waals surface area contributed by atoms with Crippen molar-refractivity contribution in [3.63, 3.8) is 0 Å². The molecular formula is C14H11F3O3. The first kappa shape index (κ1) is 14.2. The minimum Gasteiger partial charge on any atom is -0.508 e. The molecule has 2 N–H and O–H groups in total. The summed E-state index contributed by atoms with van der Waals surface area (Å²) in [7, 11) is 0. The fourth-order valence-electron chi connectivity index (χ4n) is 2.21. The van der Waals surface area contributed by atoms with E-state index in [4.69, 9.17) is 5.11 Å². The number of phenolic OH excluding ortho intramolecular Hbond substituents is 1. The van der Waals surface area contributed by atoms with Crippen LogP contribution in [0.3, 0.4) is 0 Å². The second-order valence-corrected chi connectivity index (χ2v) is 4.41. The van der Waals surface area contributed by atoms with Crippen molar-refractivity contribution < 1.29 is 28.2 Å². The average molecular weight is 284 g/mol. The zero-order valence-electron chi connectivity index (χ0n) is 10.2. The number of carboxylic acid groups (broad SMARTS) is 1. The normalized spacial score (nSPS) is 13.3. The van der Waals surface area contributed by atoms with E-state index in [2.05, 4.69) is 0 Å². The van der Waals surface area contributed by atoms with Crippen LogP contribution in [0.5, 0.6) is 5.75 Å². The lowest BCUT2D eigenvalue weighted by molar-refractivity contribution is -0.163. The van der Waals surface area contributed by atoms with Crippen molar-refractivity contribution in [2.75, 3.05) is 0 Å². The van der Waals surface area contributed by atoms with Crippen LogP contribution < -0.4 is 0 Å². The van der Waals surface area contributed by atoms with Gasteiger partial charge in [0.15, 0.2) is 0 Å². The summed E-state index contributed by atoms with van der Waals surface area (Å²) in [5, 5.41) is 19.2. The second kappa shape index (κ2) is 5.03. The molecule has 0 amide bonds. The Morgan fingerprint density at radius 2 is 1.80 bits per heavy atom. The van der Waals surface area contributed by atoms with Gasteiger partial charge in [0.05, 0.1) is 12.3 Å².